The van der Waals surface area contributed by atoms with Crippen LogP contribution in [0, 0.1) is 5.41 Å². The van der Waals surface area contributed by atoms with Gasteiger partial charge in [-0.05, 0) is 30.4 Å². The van der Waals surface area contributed by atoms with Crippen molar-refractivity contribution in [1.82, 2.24) is 9.97 Å². The minimum atomic E-state index is 0.485. The lowest BCUT2D eigenvalue weighted by molar-refractivity contribution is 0.179. The summed E-state index contributed by atoms with van der Waals surface area (Å²) < 4.78 is 0. The molecule has 1 heterocycles. The number of nitrogens with one attached hydrogen (secondary N) is 2. The zero-order valence-corrected chi connectivity index (χ0v) is 9.59. The van der Waals surface area contributed by atoms with Gasteiger partial charge >= 0.3 is 0 Å². The summed E-state index contributed by atoms with van der Waals surface area (Å²) in [6.45, 7) is 3.36. The molecule has 1 aromatic carbocycles. The van der Waals surface area contributed by atoms with Crippen molar-refractivity contribution in [3.05, 3.63) is 24.3 Å². The molecule has 3 heteroatoms. The van der Waals surface area contributed by atoms with Crippen LogP contribution in [0.5, 0.6) is 0 Å². The molecule has 2 N–H and O–H groups in total. The molecule has 1 aromatic heterocycles. The first-order chi connectivity index (χ1) is 7.75. The third kappa shape index (κ3) is 1.66. The monoisotopic (exact) mass is 215 g/mol. The lowest BCUT2D eigenvalue weighted by Gasteiger charge is -2.38. The van der Waals surface area contributed by atoms with E-state index in [-0.39, 0.29) is 0 Å². The van der Waals surface area contributed by atoms with Gasteiger partial charge in [-0.15, -0.1) is 0 Å². The molecule has 0 atom stereocenters. The van der Waals surface area contributed by atoms with Crippen LogP contribution in [0.1, 0.15) is 26.2 Å². The van der Waals surface area contributed by atoms with Gasteiger partial charge in [-0.25, -0.2) is 4.98 Å². The highest BCUT2D eigenvalue weighted by Crippen LogP contribution is 2.40. The SMILES string of the molecule is CC1(CNc2nc3ccccc3[nH]2)CCC1. The van der Waals surface area contributed by atoms with Gasteiger partial charge < -0.3 is 10.3 Å². The number of aromatic amines is 1. The second-order valence-corrected chi connectivity index (χ2v) is 5.12. The molecule has 0 spiro atoms. The van der Waals surface area contributed by atoms with Gasteiger partial charge in [-0.3, -0.25) is 0 Å². The van der Waals surface area contributed by atoms with Crippen LogP contribution in [-0.4, -0.2) is 16.5 Å². The maximum atomic E-state index is 4.51. The summed E-state index contributed by atoms with van der Waals surface area (Å²) in [5.74, 6) is 0.898. The largest absolute Gasteiger partial charge is 0.355 e. The number of benzene rings is 1. The van der Waals surface area contributed by atoms with Crippen LogP contribution >= 0.6 is 0 Å². The molecule has 2 aromatic rings. The highest BCUT2D eigenvalue weighted by Gasteiger charge is 2.31. The second kappa shape index (κ2) is 3.51. The van der Waals surface area contributed by atoms with Crippen LogP contribution in [0.25, 0.3) is 11.0 Å². The van der Waals surface area contributed by atoms with Crippen LogP contribution in [0.4, 0.5) is 5.95 Å². The third-order valence-corrected chi connectivity index (χ3v) is 3.63. The van der Waals surface area contributed by atoms with Gasteiger partial charge in [0.2, 0.25) is 5.95 Å². The van der Waals surface area contributed by atoms with E-state index in [0.29, 0.717) is 5.41 Å². The van der Waals surface area contributed by atoms with E-state index in [9.17, 15) is 0 Å². The Bertz CT molecular complexity index is 464. The molecule has 1 fully saturated rings. The van der Waals surface area contributed by atoms with Crippen LogP contribution in [0.3, 0.4) is 0 Å². The van der Waals surface area contributed by atoms with Crippen molar-refractivity contribution in [1.29, 1.82) is 0 Å². The molecule has 0 radical (unpaired) electrons. The average molecular weight is 215 g/mol. The lowest BCUT2D eigenvalue weighted by atomic mass is 9.70. The Morgan fingerprint density at radius 1 is 1.38 bits per heavy atom. The van der Waals surface area contributed by atoms with Crippen molar-refractivity contribution in [3.63, 3.8) is 0 Å². The predicted octanol–water partition coefficient (Wildman–Crippen LogP) is 3.17. The molecule has 1 aliphatic carbocycles. The number of fused-ring (bicyclic) bond motifs is 1. The number of hydrogen-bond acceptors (Lipinski definition) is 2. The molecular weight excluding hydrogens is 198 g/mol. The predicted molar refractivity (Wildman–Crippen MR) is 66.5 cm³/mol. The van der Waals surface area contributed by atoms with E-state index in [0.717, 1.165) is 23.5 Å². The smallest absolute Gasteiger partial charge is 0.201 e. The maximum Gasteiger partial charge on any atom is 0.201 e. The summed E-state index contributed by atoms with van der Waals surface area (Å²) >= 11 is 0. The minimum absolute atomic E-state index is 0.485. The van der Waals surface area contributed by atoms with E-state index in [1.807, 2.05) is 18.2 Å². The van der Waals surface area contributed by atoms with Crippen LogP contribution in [0.15, 0.2) is 24.3 Å². The molecule has 0 bridgehead atoms. The maximum absolute atomic E-state index is 4.51. The number of rotatable bonds is 3. The average Bonchev–Trinajstić information content (AvgIpc) is 2.66. The molecule has 16 heavy (non-hydrogen) atoms. The standard InChI is InChI=1S/C13H17N3/c1-13(7-4-8-13)9-14-12-15-10-5-2-3-6-11(10)16-12/h2-3,5-6H,4,7-9H2,1H3,(H2,14,15,16). The minimum Gasteiger partial charge on any atom is -0.355 e. The van der Waals surface area contributed by atoms with E-state index in [2.05, 4.69) is 28.3 Å². The van der Waals surface area contributed by atoms with Crippen LogP contribution in [0.2, 0.25) is 0 Å². The zero-order valence-electron chi connectivity index (χ0n) is 9.59. The van der Waals surface area contributed by atoms with Gasteiger partial charge in [0.25, 0.3) is 0 Å². The van der Waals surface area contributed by atoms with E-state index < -0.39 is 0 Å². The molecule has 1 saturated carbocycles. The van der Waals surface area contributed by atoms with E-state index in [1.165, 1.54) is 19.3 Å². The number of anilines is 1. The highest BCUT2D eigenvalue weighted by atomic mass is 15.1. The van der Waals surface area contributed by atoms with Gasteiger partial charge in [-0.2, -0.15) is 0 Å². The number of para-hydroxylation sites is 2. The van der Waals surface area contributed by atoms with Gasteiger partial charge in [0.15, 0.2) is 0 Å². The first-order valence-corrected chi connectivity index (χ1v) is 5.94. The molecule has 0 aliphatic heterocycles. The Balaban J connectivity index is 1.74. The van der Waals surface area contributed by atoms with Crippen molar-refractivity contribution in [2.75, 3.05) is 11.9 Å². The summed E-state index contributed by atoms with van der Waals surface area (Å²) in [7, 11) is 0. The summed E-state index contributed by atoms with van der Waals surface area (Å²) in [6.07, 6.45) is 4.04. The first kappa shape index (κ1) is 9.70. The van der Waals surface area contributed by atoms with Gasteiger partial charge in [-0.1, -0.05) is 25.5 Å². The number of H-pyrrole nitrogens is 1. The summed E-state index contributed by atoms with van der Waals surface area (Å²) in [5, 5.41) is 3.41. The number of nitrogens with zero attached hydrogens (tertiary/aromatic N) is 1. The van der Waals surface area contributed by atoms with Gasteiger partial charge in [0.05, 0.1) is 11.0 Å². The summed E-state index contributed by atoms with van der Waals surface area (Å²) in [4.78, 5) is 7.80. The van der Waals surface area contributed by atoms with Crippen molar-refractivity contribution < 1.29 is 0 Å². The molecule has 1 aliphatic rings. The van der Waals surface area contributed by atoms with E-state index >= 15 is 0 Å². The molecule has 0 amide bonds. The fraction of sp³-hybridized carbons (Fsp3) is 0.462. The molecule has 3 rings (SSSR count). The molecule has 84 valence electrons. The Labute approximate surface area is 95.3 Å². The number of aromatic nitrogens is 2. The Kier molecular flexibility index (Phi) is 2.13. The van der Waals surface area contributed by atoms with Crippen molar-refractivity contribution >= 4 is 17.0 Å². The van der Waals surface area contributed by atoms with Crippen molar-refractivity contribution in [3.8, 4) is 0 Å². The first-order valence-electron chi connectivity index (χ1n) is 5.94. The normalized spacial score (nSPS) is 18.3. The molecular formula is C13H17N3. The van der Waals surface area contributed by atoms with Gasteiger partial charge in [0.1, 0.15) is 0 Å². The number of hydrogen-bond donors (Lipinski definition) is 2. The van der Waals surface area contributed by atoms with Crippen LogP contribution < -0.4 is 5.32 Å². The molecule has 0 unspecified atom stereocenters. The molecule has 0 saturated heterocycles. The fourth-order valence-corrected chi connectivity index (χ4v) is 2.29. The second-order valence-electron chi connectivity index (χ2n) is 5.12. The van der Waals surface area contributed by atoms with E-state index in [1.54, 1.807) is 0 Å². The van der Waals surface area contributed by atoms with Crippen LogP contribution in [-0.2, 0) is 0 Å². The van der Waals surface area contributed by atoms with Gasteiger partial charge in [0, 0.05) is 6.54 Å². The summed E-state index contributed by atoms with van der Waals surface area (Å²) in [6, 6.07) is 8.12. The summed E-state index contributed by atoms with van der Waals surface area (Å²) in [5.41, 5.74) is 2.62. The molecule has 3 nitrogen and oxygen atoms in total. The highest BCUT2D eigenvalue weighted by molar-refractivity contribution is 5.77. The number of imidazole rings is 1. The van der Waals surface area contributed by atoms with Crippen molar-refractivity contribution in [2.24, 2.45) is 5.41 Å². The lowest BCUT2D eigenvalue weighted by Crippen LogP contribution is -2.33. The Morgan fingerprint density at radius 2 is 2.19 bits per heavy atom. The zero-order chi connectivity index (χ0) is 11.0. The Hall–Kier alpha value is -1.51. The van der Waals surface area contributed by atoms with Crippen molar-refractivity contribution in [2.45, 2.75) is 26.2 Å². The van der Waals surface area contributed by atoms with E-state index in [4.69, 9.17) is 0 Å². The Morgan fingerprint density at radius 3 is 2.88 bits per heavy atom. The fourth-order valence-electron chi connectivity index (χ4n) is 2.29. The quantitative estimate of drug-likeness (QED) is 0.825. The third-order valence-electron chi connectivity index (χ3n) is 3.63. The topological polar surface area (TPSA) is 40.7 Å².